The first kappa shape index (κ1) is 6.79. The highest BCUT2D eigenvalue weighted by Crippen LogP contribution is 2.08. The van der Waals surface area contributed by atoms with Gasteiger partial charge in [-0.15, -0.1) is 0 Å². The molecule has 11 heavy (non-hydrogen) atoms. The van der Waals surface area contributed by atoms with Crippen molar-refractivity contribution in [2.24, 2.45) is 0 Å². The van der Waals surface area contributed by atoms with Crippen LogP contribution in [0.2, 0.25) is 0 Å². The van der Waals surface area contributed by atoms with Crippen molar-refractivity contribution in [3.8, 4) is 0 Å². The van der Waals surface area contributed by atoms with Crippen LogP contribution in [0.5, 0.6) is 0 Å². The Balaban J connectivity index is 2.30. The zero-order chi connectivity index (χ0) is 7.52. The minimum Gasteiger partial charge on any atom is -0.272 e. The van der Waals surface area contributed by atoms with E-state index in [-0.39, 0.29) is 0 Å². The highest BCUT2D eigenvalue weighted by molar-refractivity contribution is 5.22. The van der Waals surface area contributed by atoms with Gasteiger partial charge in [-0.3, -0.25) is 9.68 Å². The maximum Gasteiger partial charge on any atom is 0.0960 e. The molecule has 1 aromatic rings. The number of nitrogens with one attached hydrogen (secondary N) is 1. The predicted octanol–water partition coefficient (Wildman–Crippen LogP) is 1.15. The Hall–Kier alpha value is -0.900. The first-order valence-corrected chi connectivity index (χ1v) is 3.51. The first-order valence-electron chi connectivity index (χ1n) is 3.51. The van der Waals surface area contributed by atoms with Crippen molar-refractivity contribution in [2.75, 3.05) is 0 Å². The Morgan fingerprint density at radius 1 is 1.09 bits per heavy atom. The second-order valence-electron chi connectivity index (χ2n) is 2.48. The highest BCUT2D eigenvalue weighted by atomic mass is 16.9. The molecule has 3 nitrogen and oxygen atoms in total. The number of rotatable bonds is 0. The molecule has 0 radical (unpaired) electrons. The average Bonchev–Trinajstić information content (AvgIpc) is 2.02. The fraction of sp³-hybridized carbons (Fsp3) is 0.250. The van der Waals surface area contributed by atoms with Crippen molar-refractivity contribution in [1.29, 1.82) is 0 Å². The molecule has 0 saturated carbocycles. The van der Waals surface area contributed by atoms with Crippen molar-refractivity contribution in [1.82, 2.24) is 5.64 Å². The number of hydrogen-bond donors (Lipinski definition) is 1. The van der Waals surface area contributed by atoms with Gasteiger partial charge in [0.25, 0.3) is 0 Å². The van der Waals surface area contributed by atoms with Crippen LogP contribution < -0.4 is 5.64 Å². The third-order valence-electron chi connectivity index (χ3n) is 1.59. The molecule has 2 rings (SSSR count). The summed E-state index contributed by atoms with van der Waals surface area (Å²) >= 11 is 0. The SMILES string of the molecule is c1cc2cc(c1)CONOC2. The molecular formula is C8H9NO2. The van der Waals surface area contributed by atoms with Gasteiger partial charge in [0, 0.05) is 0 Å². The maximum atomic E-state index is 4.94. The van der Waals surface area contributed by atoms with Crippen molar-refractivity contribution < 1.29 is 9.68 Å². The second-order valence-corrected chi connectivity index (χ2v) is 2.48. The lowest BCUT2D eigenvalue weighted by Crippen LogP contribution is -2.17. The predicted molar refractivity (Wildman–Crippen MR) is 39.2 cm³/mol. The van der Waals surface area contributed by atoms with E-state index in [1.165, 1.54) is 11.1 Å². The molecular weight excluding hydrogens is 142 g/mol. The zero-order valence-corrected chi connectivity index (χ0v) is 6.04. The molecule has 0 aromatic heterocycles. The highest BCUT2D eigenvalue weighted by Gasteiger charge is 2.00. The summed E-state index contributed by atoms with van der Waals surface area (Å²) in [7, 11) is 0. The van der Waals surface area contributed by atoms with E-state index in [1.54, 1.807) is 0 Å². The van der Waals surface area contributed by atoms with Crippen LogP contribution in [0, 0.1) is 0 Å². The Kier molecular flexibility index (Phi) is 1.85. The van der Waals surface area contributed by atoms with E-state index >= 15 is 0 Å². The van der Waals surface area contributed by atoms with Crippen molar-refractivity contribution in [3.05, 3.63) is 35.4 Å². The quantitative estimate of drug-likeness (QED) is 0.603. The van der Waals surface area contributed by atoms with Crippen LogP contribution in [0.1, 0.15) is 11.1 Å². The van der Waals surface area contributed by atoms with Gasteiger partial charge in [0.05, 0.1) is 13.2 Å². The number of hydrogen-bond acceptors (Lipinski definition) is 3. The van der Waals surface area contributed by atoms with Gasteiger partial charge in [-0.25, -0.2) is 0 Å². The smallest absolute Gasteiger partial charge is 0.0960 e. The van der Waals surface area contributed by atoms with Crippen LogP contribution in [-0.4, -0.2) is 0 Å². The standard InChI is InChI=1S/C8H9NO2/c1-2-7-4-8(3-1)6-11-9-10-5-7/h1-4,9H,5-6H2. The lowest BCUT2D eigenvalue weighted by atomic mass is 10.1. The van der Waals surface area contributed by atoms with E-state index < -0.39 is 0 Å². The van der Waals surface area contributed by atoms with Gasteiger partial charge in [-0.1, -0.05) is 29.9 Å². The van der Waals surface area contributed by atoms with Crippen molar-refractivity contribution >= 4 is 0 Å². The fourth-order valence-corrected chi connectivity index (χ4v) is 1.08. The molecule has 0 saturated heterocycles. The normalized spacial score (nSPS) is 17.1. The summed E-state index contributed by atoms with van der Waals surface area (Å²) in [5, 5.41) is 0. The molecule has 0 aliphatic carbocycles. The molecule has 1 aromatic carbocycles. The lowest BCUT2D eigenvalue weighted by molar-refractivity contribution is -0.186. The Labute approximate surface area is 64.8 Å². The Bertz CT molecular complexity index is 228. The summed E-state index contributed by atoms with van der Waals surface area (Å²) in [5.74, 6) is 0. The Morgan fingerprint density at radius 2 is 1.73 bits per heavy atom. The summed E-state index contributed by atoms with van der Waals surface area (Å²) in [6.07, 6.45) is 0. The zero-order valence-electron chi connectivity index (χ0n) is 6.04. The van der Waals surface area contributed by atoms with Gasteiger partial charge >= 0.3 is 0 Å². The molecule has 3 heteroatoms. The minimum atomic E-state index is 0.549. The van der Waals surface area contributed by atoms with Gasteiger partial charge in [-0.2, -0.15) is 0 Å². The lowest BCUT2D eigenvalue weighted by Gasteiger charge is -2.11. The van der Waals surface area contributed by atoms with Gasteiger partial charge in [0.2, 0.25) is 0 Å². The van der Waals surface area contributed by atoms with E-state index in [0.29, 0.717) is 13.2 Å². The summed E-state index contributed by atoms with van der Waals surface area (Å²) in [6.45, 7) is 1.10. The van der Waals surface area contributed by atoms with Crippen LogP contribution >= 0.6 is 0 Å². The Morgan fingerprint density at radius 3 is 2.36 bits per heavy atom. The van der Waals surface area contributed by atoms with Gasteiger partial charge < -0.3 is 0 Å². The van der Waals surface area contributed by atoms with E-state index in [0.717, 1.165) is 0 Å². The summed E-state index contributed by atoms with van der Waals surface area (Å²) < 4.78 is 0. The van der Waals surface area contributed by atoms with E-state index in [9.17, 15) is 0 Å². The van der Waals surface area contributed by atoms with Crippen molar-refractivity contribution in [2.45, 2.75) is 13.2 Å². The molecule has 0 unspecified atom stereocenters. The topological polar surface area (TPSA) is 30.5 Å². The van der Waals surface area contributed by atoms with Crippen LogP contribution in [0.15, 0.2) is 24.3 Å². The number of benzene rings is 1. The monoisotopic (exact) mass is 151 g/mol. The minimum absolute atomic E-state index is 0.549. The molecule has 0 fully saturated rings. The molecule has 1 N–H and O–H groups in total. The fourth-order valence-electron chi connectivity index (χ4n) is 1.08. The van der Waals surface area contributed by atoms with Gasteiger partial charge in [-0.05, 0) is 11.1 Å². The summed E-state index contributed by atoms with van der Waals surface area (Å²) in [5.41, 5.74) is 4.73. The number of fused-ring (bicyclic) bond motifs is 2. The van der Waals surface area contributed by atoms with Gasteiger partial charge in [0.15, 0.2) is 0 Å². The van der Waals surface area contributed by atoms with E-state index in [1.807, 2.05) is 18.2 Å². The van der Waals surface area contributed by atoms with Crippen LogP contribution in [0.3, 0.4) is 0 Å². The van der Waals surface area contributed by atoms with Crippen LogP contribution in [0.25, 0.3) is 0 Å². The molecule has 58 valence electrons. The average molecular weight is 151 g/mol. The third kappa shape index (κ3) is 1.57. The van der Waals surface area contributed by atoms with E-state index in [4.69, 9.17) is 9.68 Å². The first-order chi connectivity index (χ1) is 5.45. The molecule has 1 aliphatic heterocycles. The van der Waals surface area contributed by atoms with Crippen LogP contribution in [0.4, 0.5) is 0 Å². The molecule has 1 aliphatic rings. The van der Waals surface area contributed by atoms with E-state index in [2.05, 4.69) is 11.7 Å². The second kappa shape index (κ2) is 3.00. The molecule has 1 heterocycles. The molecule has 0 spiro atoms. The van der Waals surface area contributed by atoms with Gasteiger partial charge in [0.1, 0.15) is 0 Å². The molecule has 0 amide bonds. The third-order valence-corrected chi connectivity index (χ3v) is 1.59. The van der Waals surface area contributed by atoms with Crippen molar-refractivity contribution in [3.63, 3.8) is 0 Å². The van der Waals surface area contributed by atoms with Crippen LogP contribution in [-0.2, 0) is 22.9 Å². The largest absolute Gasteiger partial charge is 0.272 e. The molecule has 0 atom stereocenters. The maximum absolute atomic E-state index is 4.94. The summed E-state index contributed by atoms with van der Waals surface area (Å²) in [4.78, 5) is 9.88. The summed E-state index contributed by atoms with van der Waals surface area (Å²) in [6, 6.07) is 8.12. The molecule has 2 bridgehead atoms.